The lowest BCUT2D eigenvalue weighted by Crippen LogP contribution is -2.34. The molecule has 0 bridgehead atoms. The first-order valence-electron chi connectivity index (χ1n) is 8.61. The molecule has 6 heteroatoms. The first-order valence-corrected chi connectivity index (χ1v) is 8.99. The quantitative estimate of drug-likeness (QED) is 0.779. The Morgan fingerprint density at radius 1 is 1.23 bits per heavy atom. The monoisotopic (exact) mass is 394 g/mol. The van der Waals surface area contributed by atoms with Crippen LogP contribution < -0.4 is 15.4 Å². The van der Waals surface area contributed by atoms with Gasteiger partial charge in [0.15, 0.2) is 0 Å². The lowest BCUT2D eigenvalue weighted by Gasteiger charge is -2.22. The van der Waals surface area contributed by atoms with E-state index in [0.717, 1.165) is 48.5 Å². The molecule has 1 fully saturated rings. The van der Waals surface area contributed by atoms with Crippen LogP contribution in [0.5, 0.6) is 5.75 Å². The number of halogens is 2. The zero-order valence-corrected chi connectivity index (χ0v) is 16.3. The van der Waals surface area contributed by atoms with Gasteiger partial charge in [0.1, 0.15) is 12.4 Å². The van der Waals surface area contributed by atoms with Crippen molar-refractivity contribution in [2.24, 2.45) is 5.92 Å². The number of benzene rings is 2. The molecule has 1 aliphatic rings. The van der Waals surface area contributed by atoms with Gasteiger partial charge < -0.3 is 15.4 Å². The second kappa shape index (κ2) is 9.81. The minimum absolute atomic E-state index is 0. The van der Waals surface area contributed by atoms with Crippen LogP contribution in [0.2, 0.25) is 5.02 Å². The van der Waals surface area contributed by atoms with Crippen molar-refractivity contribution in [2.75, 3.05) is 18.4 Å². The molecule has 26 heavy (non-hydrogen) atoms. The highest BCUT2D eigenvalue weighted by atomic mass is 35.5. The Labute approximate surface area is 165 Å². The van der Waals surface area contributed by atoms with Crippen molar-refractivity contribution in [3.8, 4) is 5.75 Å². The summed E-state index contributed by atoms with van der Waals surface area (Å²) in [6.45, 7) is 4.26. The maximum atomic E-state index is 12.4. The van der Waals surface area contributed by atoms with Crippen LogP contribution in [0.25, 0.3) is 0 Å². The minimum atomic E-state index is 0. The summed E-state index contributed by atoms with van der Waals surface area (Å²) >= 11 is 5.99. The number of piperidine rings is 1. The van der Waals surface area contributed by atoms with E-state index < -0.39 is 0 Å². The molecular formula is C20H24Cl2N2O2. The average molecular weight is 395 g/mol. The second-order valence-electron chi connectivity index (χ2n) is 6.41. The van der Waals surface area contributed by atoms with Crippen molar-refractivity contribution in [1.82, 2.24) is 5.32 Å². The van der Waals surface area contributed by atoms with Crippen molar-refractivity contribution in [2.45, 2.75) is 26.4 Å². The van der Waals surface area contributed by atoms with E-state index in [9.17, 15) is 4.79 Å². The molecule has 2 aromatic rings. The van der Waals surface area contributed by atoms with E-state index in [1.165, 1.54) is 0 Å². The molecule has 1 heterocycles. The van der Waals surface area contributed by atoms with Gasteiger partial charge in [-0.2, -0.15) is 0 Å². The Bertz CT molecular complexity index is 746. The number of aryl methyl sites for hydroxylation is 1. The lowest BCUT2D eigenvalue weighted by molar-refractivity contribution is -0.120. The van der Waals surface area contributed by atoms with Crippen LogP contribution in [-0.4, -0.2) is 19.0 Å². The summed E-state index contributed by atoms with van der Waals surface area (Å²) < 4.78 is 5.82. The number of carbonyl (C=O) groups is 1. The van der Waals surface area contributed by atoms with E-state index >= 15 is 0 Å². The molecule has 1 aliphatic heterocycles. The lowest BCUT2D eigenvalue weighted by atomic mass is 9.97. The molecule has 0 atom stereocenters. The fraction of sp³-hybridized carbons (Fsp3) is 0.350. The Morgan fingerprint density at radius 2 is 2.00 bits per heavy atom. The van der Waals surface area contributed by atoms with E-state index in [1.807, 2.05) is 49.4 Å². The fourth-order valence-corrected chi connectivity index (χ4v) is 3.19. The first kappa shape index (κ1) is 20.6. The average Bonchev–Trinajstić information content (AvgIpc) is 2.63. The van der Waals surface area contributed by atoms with Crippen LogP contribution >= 0.6 is 24.0 Å². The summed E-state index contributed by atoms with van der Waals surface area (Å²) in [6.07, 6.45) is 1.79. The molecule has 1 saturated heterocycles. The highest BCUT2D eigenvalue weighted by Gasteiger charge is 2.21. The maximum Gasteiger partial charge on any atom is 0.227 e. The third kappa shape index (κ3) is 5.63. The maximum absolute atomic E-state index is 12.4. The number of hydrogen-bond acceptors (Lipinski definition) is 3. The van der Waals surface area contributed by atoms with E-state index in [4.69, 9.17) is 16.3 Å². The molecule has 2 N–H and O–H groups in total. The van der Waals surface area contributed by atoms with Crippen molar-refractivity contribution < 1.29 is 9.53 Å². The third-order valence-electron chi connectivity index (χ3n) is 4.46. The van der Waals surface area contributed by atoms with E-state index in [1.54, 1.807) is 0 Å². The molecule has 0 spiro atoms. The highest BCUT2D eigenvalue weighted by molar-refractivity contribution is 6.30. The largest absolute Gasteiger partial charge is 0.489 e. The third-order valence-corrected chi connectivity index (χ3v) is 4.70. The van der Waals surface area contributed by atoms with Crippen LogP contribution in [0.15, 0.2) is 42.5 Å². The normalized spacial score (nSPS) is 14.4. The Morgan fingerprint density at radius 3 is 2.69 bits per heavy atom. The molecule has 4 nitrogen and oxygen atoms in total. The van der Waals surface area contributed by atoms with Crippen LogP contribution in [0.3, 0.4) is 0 Å². The van der Waals surface area contributed by atoms with Crippen LogP contribution in [-0.2, 0) is 11.4 Å². The van der Waals surface area contributed by atoms with E-state index in [-0.39, 0.29) is 24.2 Å². The van der Waals surface area contributed by atoms with Gasteiger partial charge in [-0.15, -0.1) is 12.4 Å². The van der Waals surface area contributed by atoms with Crippen LogP contribution in [0.1, 0.15) is 24.0 Å². The number of nitrogens with one attached hydrogen (secondary N) is 2. The zero-order chi connectivity index (χ0) is 17.6. The van der Waals surface area contributed by atoms with Crippen molar-refractivity contribution in [3.05, 3.63) is 58.6 Å². The summed E-state index contributed by atoms with van der Waals surface area (Å²) in [5.74, 6) is 0.981. The van der Waals surface area contributed by atoms with Gasteiger partial charge in [-0.25, -0.2) is 0 Å². The summed E-state index contributed by atoms with van der Waals surface area (Å²) in [6, 6.07) is 13.4. The Hall–Kier alpha value is -1.75. The number of hydrogen-bond donors (Lipinski definition) is 2. The number of anilines is 1. The standard InChI is InChI=1S/C20H23ClN2O2.ClH/c1-14-11-18(25-13-15-3-2-4-17(21)12-15)5-6-19(14)23-20(24)16-7-9-22-10-8-16;/h2-6,11-12,16,22H,7-10,13H2,1H3,(H,23,24);1H. The molecule has 0 unspecified atom stereocenters. The summed E-state index contributed by atoms with van der Waals surface area (Å²) in [7, 11) is 0. The number of rotatable bonds is 5. The Balaban J connectivity index is 0.00000243. The number of amides is 1. The zero-order valence-electron chi connectivity index (χ0n) is 14.8. The van der Waals surface area contributed by atoms with Gasteiger partial charge in [0, 0.05) is 16.6 Å². The molecule has 1 amide bonds. The van der Waals surface area contributed by atoms with Crippen molar-refractivity contribution >= 4 is 35.6 Å². The molecule has 0 saturated carbocycles. The molecule has 0 aliphatic carbocycles. The van der Waals surface area contributed by atoms with Crippen LogP contribution in [0.4, 0.5) is 5.69 Å². The smallest absolute Gasteiger partial charge is 0.227 e. The predicted molar refractivity (Wildman–Crippen MR) is 108 cm³/mol. The summed E-state index contributed by atoms with van der Waals surface area (Å²) in [5.41, 5.74) is 2.86. The molecule has 2 aromatic carbocycles. The fourth-order valence-electron chi connectivity index (χ4n) is 2.98. The Kier molecular flexibility index (Phi) is 7.76. The van der Waals surface area contributed by atoms with Crippen molar-refractivity contribution in [3.63, 3.8) is 0 Å². The van der Waals surface area contributed by atoms with Gasteiger partial charge in [-0.3, -0.25) is 4.79 Å². The van der Waals surface area contributed by atoms with Gasteiger partial charge in [0.05, 0.1) is 0 Å². The SMILES string of the molecule is Cc1cc(OCc2cccc(Cl)c2)ccc1NC(=O)C1CCNCC1.Cl. The number of carbonyl (C=O) groups excluding carboxylic acids is 1. The number of ether oxygens (including phenoxy) is 1. The topological polar surface area (TPSA) is 50.4 Å². The van der Waals surface area contributed by atoms with Gasteiger partial charge >= 0.3 is 0 Å². The van der Waals surface area contributed by atoms with Gasteiger partial charge in [-0.05, 0) is 74.3 Å². The molecule has 0 aromatic heterocycles. The van der Waals surface area contributed by atoms with E-state index in [0.29, 0.717) is 11.6 Å². The summed E-state index contributed by atoms with van der Waals surface area (Å²) in [5, 5.41) is 7.03. The minimum Gasteiger partial charge on any atom is -0.489 e. The van der Waals surface area contributed by atoms with Crippen molar-refractivity contribution in [1.29, 1.82) is 0 Å². The van der Waals surface area contributed by atoms with Gasteiger partial charge in [-0.1, -0.05) is 23.7 Å². The highest BCUT2D eigenvalue weighted by Crippen LogP contribution is 2.24. The molecule has 140 valence electrons. The molecule has 3 rings (SSSR count). The molecular weight excluding hydrogens is 371 g/mol. The van der Waals surface area contributed by atoms with Crippen LogP contribution in [0, 0.1) is 12.8 Å². The second-order valence-corrected chi connectivity index (χ2v) is 6.85. The van der Waals surface area contributed by atoms with Gasteiger partial charge in [0.25, 0.3) is 0 Å². The van der Waals surface area contributed by atoms with Gasteiger partial charge in [0.2, 0.25) is 5.91 Å². The summed E-state index contributed by atoms with van der Waals surface area (Å²) in [4.78, 5) is 12.4. The first-order chi connectivity index (χ1) is 12.1. The van der Waals surface area contributed by atoms with E-state index in [2.05, 4.69) is 10.6 Å². The molecule has 0 radical (unpaired) electrons. The predicted octanol–water partition coefficient (Wildman–Crippen LogP) is 4.59.